The van der Waals surface area contributed by atoms with E-state index in [9.17, 15) is 14.3 Å². The second-order valence-electron chi connectivity index (χ2n) is 3.78. The SMILES string of the molecule is O=C(O)C(Cc1ccsc1)c1ccc(F)cc1. The molecule has 0 radical (unpaired) electrons. The lowest BCUT2D eigenvalue weighted by Gasteiger charge is -2.11. The van der Waals surface area contributed by atoms with Crippen LogP contribution in [-0.2, 0) is 11.2 Å². The first-order chi connectivity index (χ1) is 8.16. The average molecular weight is 250 g/mol. The zero-order valence-electron chi connectivity index (χ0n) is 8.97. The Hall–Kier alpha value is -1.68. The summed E-state index contributed by atoms with van der Waals surface area (Å²) in [4.78, 5) is 11.2. The molecule has 2 nitrogen and oxygen atoms in total. The van der Waals surface area contributed by atoms with Gasteiger partial charge in [0, 0.05) is 0 Å². The van der Waals surface area contributed by atoms with Crippen molar-refractivity contribution >= 4 is 17.3 Å². The summed E-state index contributed by atoms with van der Waals surface area (Å²) in [6, 6.07) is 7.54. The number of rotatable bonds is 4. The number of benzene rings is 1. The Morgan fingerprint density at radius 2 is 2.00 bits per heavy atom. The Morgan fingerprint density at radius 3 is 2.53 bits per heavy atom. The molecule has 0 spiro atoms. The van der Waals surface area contributed by atoms with Crippen molar-refractivity contribution in [2.24, 2.45) is 0 Å². The molecule has 2 rings (SSSR count). The molecule has 1 atom stereocenters. The Morgan fingerprint density at radius 1 is 1.29 bits per heavy atom. The minimum Gasteiger partial charge on any atom is -0.481 e. The van der Waals surface area contributed by atoms with Crippen molar-refractivity contribution in [3.63, 3.8) is 0 Å². The highest BCUT2D eigenvalue weighted by Crippen LogP contribution is 2.22. The first kappa shape index (κ1) is 11.8. The van der Waals surface area contributed by atoms with Crippen LogP contribution in [0.5, 0.6) is 0 Å². The number of carbonyl (C=O) groups is 1. The monoisotopic (exact) mass is 250 g/mol. The molecule has 0 saturated carbocycles. The Balaban J connectivity index is 2.23. The summed E-state index contributed by atoms with van der Waals surface area (Å²) in [5.74, 6) is -1.86. The quantitative estimate of drug-likeness (QED) is 0.904. The van der Waals surface area contributed by atoms with E-state index in [1.165, 1.54) is 35.6 Å². The van der Waals surface area contributed by atoms with Gasteiger partial charge in [-0.25, -0.2) is 4.39 Å². The van der Waals surface area contributed by atoms with Crippen molar-refractivity contribution in [2.45, 2.75) is 12.3 Å². The number of thiophene rings is 1. The molecular formula is C13H11FO2S. The fourth-order valence-corrected chi connectivity index (χ4v) is 2.37. The standard InChI is InChI=1S/C13H11FO2S/c14-11-3-1-10(2-4-11)12(13(15)16)7-9-5-6-17-8-9/h1-6,8,12H,7H2,(H,15,16). The smallest absolute Gasteiger partial charge is 0.311 e. The van der Waals surface area contributed by atoms with Gasteiger partial charge in [-0.15, -0.1) is 0 Å². The van der Waals surface area contributed by atoms with Gasteiger partial charge in [0.25, 0.3) is 0 Å². The zero-order chi connectivity index (χ0) is 12.3. The Kier molecular flexibility index (Phi) is 3.54. The Labute approximate surface area is 102 Å². The van der Waals surface area contributed by atoms with E-state index >= 15 is 0 Å². The maximum Gasteiger partial charge on any atom is 0.311 e. The predicted octanol–water partition coefficient (Wildman–Crippen LogP) is 3.30. The molecule has 0 fully saturated rings. The van der Waals surface area contributed by atoms with Crippen LogP contribution in [0.15, 0.2) is 41.1 Å². The number of carboxylic acid groups (broad SMARTS) is 1. The fraction of sp³-hybridized carbons (Fsp3) is 0.154. The maximum atomic E-state index is 12.8. The van der Waals surface area contributed by atoms with Gasteiger partial charge in [-0.1, -0.05) is 12.1 Å². The number of carboxylic acids is 1. The van der Waals surface area contributed by atoms with Crippen molar-refractivity contribution in [3.05, 3.63) is 58.0 Å². The highest BCUT2D eigenvalue weighted by Gasteiger charge is 2.20. The van der Waals surface area contributed by atoms with Crippen LogP contribution in [0.25, 0.3) is 0 Å². The normalized spacial score (nSPS) is 12.3. The summed E-state index contributed by atoms with van der Waals surface area (Å²) < 4.78 is 12.8. The van der Waals surface area contributed by atoms with Crippen molar-refractivity contribution in [1.82, 2.24) is 0 Å². The number of halogens is 1. The molecule has 0 aliphatic carbocycles. The van der Waals surface area contributed by atoms with Crippen LogP contribution >= 0.6 is 11.3 Å². The summed E-state index contributed by atoms with van der Waals surface area (Å²) in [6.07, 6.45) is 0.435. The third-order valence-electron chi connectivity index (χ3n) is 2.59. The molecule has 0 saturated heterocycles. The van der Waals surface area contributed by atoms with Gasteiger partial charge in [-0.3, -0.25) is 4.79 Å². The number of hydrogen-bond donors (Lipinski definition) is 1. The molecule has 0 aliphatic heterocycles. The minimum atomic E-state index is -0.886. The lowest BCUT2D eigenvalue weighted by atomic mass is 9.93. The Bertz CT molecular complexity index is 491. The molecule has 4 heteroatoms. The van der Waals surface area contributed by atoms with Crippen LogP contribution in [0, 0.1) is 5.82 Å². The van der Waals surface area contributed by atoms with Crippen LogP contribution in [0.1, 0.15) is 17.0 Å². The molecule has 0 aliphatic rings. The molecule has 1 aromatic heterocycles. The van der Waals surface area contributed by atoms with Crippen LogP contribution in [0.3, 0.4) is 0 Å². The third-order valence-corrected chi connectivity index (χ3v) is 3.32. The molecule has 0 bridgehead atoms. The van der Waals surface area contributed by atoms with Gasteiger partial charge in [0.05, 0.1) is 5.92 Å². The van der Waals surface area contributed by atoms with Crippen LogP contribution in [0.2, 0.25) is 0 Å². The van der Waals surface area contributed by atoms with Crippen molar-refractivity contribution < 1.29 is 14.3 Å². The number of aliphatic carboxylic acids is 1. The second-order valence-corrected chi connectivity index (χ2v) is 4.56. The van der Waals surface area contributed by atoms with E-state index in [4.69, 9.17) is 0 Å². The first-order valence-electron chi connectivity index (χ1n) is 5.16. The van der Waals surface area contributed by atoms with Gasteiger partial charge < -0.3 is 5.11 Å². The summed E-state index contributed by atoms with van der Waals surface area (Å²) in [7, 11) is 0. The fourth-order valence-electron chi connectivity index (χ4n) is 1.69. The molecular weight excluding hydrogens is 239 g/mol. The maximum absolute atomic E-state index is 12.8. The van der Waals surface area contributed by atoms with Gasteiger partial charge in [-0.2, -0.15) is 11.3 Å². The van der Waals surface area contributed by atoms with Gasteiger partial charge in [0.15, 0.2) is 0 Å². The van der Waals surface area contributed by atoms with E-state index in [0.717, 1.165) is 5.56 Å². The second kappa shape index (κ2) is 5.10. The van der Waals surface area contributed by atoms with E-state index in [-0.39, 0.29) is 5.82 Å². The van der Waals surface area contributed by atoms with Crippen LogP contribution in [0.4, 0.5) is 4.39 Å². The molecule has 88 valence electrons. The highest BCUT2D eigenvalue weighted by atomic mass is 32.1. The summed E-state index contributed by atoms with van der Waals surface area (Å²) in [5, 5.41) is 13.1. The van der Waals surface area contributed by atoms with E-state index in [2.05, 4.69) is 0 Å². The molecule has 1 unspecified atom stereocenters. The van der Waals surface area contributed by atoms with Gasteiger partial charge in [-0.05, 0) is 46.5 Å². The topological polar surface area (TPSA) is 37.3 Å². The lowest BCUT2D eigenvalue weighted by molar-refractivity contribution is -0.138. The first-order valence-corrected chi connectivity index (χ1v) is 6.10. The highest BCUT2D eigenvalue weighted by molar-refractivity contribution is 7.07. The number of hydrogen-bond acceptors (Lipinski definition) is 2. The third kappa shape index (κ3) is 2.91. The van der Waals surface area contributed by atoms with Crippen molar-refractivity contribution in [1.29, 1.82) is 0 Å². The van der Waals surface area contributed by atoms with Crippen molar-refractivity contribution in [2.75, 3.05) is 0 Å². The molecule has 1 heterocycles. The van der Waals surface area contributed by atoms with E-state index < -0.39 is 11.9 Å². The largest absolute Gasteiger partial charge is 0.481 e. The summed E-state index contributed by atoms with van der Waals surface area (Å²) >= 11 is 1.54. The van der Waals surface area contributed by atoms with Crippen LogP contribution in [-0.4, -0.2) is 11.1 Å². The zero-order valence-corrected chi connectivity index (χ0v) is 9.78. The van der Waals surface area contributed by atoms with Gasteiger partial charge >= 0.3 is 5.97 Å². The lowest BCUT2D eigenvalue weighted by Crippen LogP contribution is -2.14. The summed E-state index contributed by atoms with van der Waals surface area (Å²) in [6.45, 7) is 0. The molecule has 17 heavy (non-hydrogen) atoms. The van der Waals surface area contributed by atoms with Gasteiger partial charge in [0.2, 0.25) is 0 Å². The molecule has 2 aromatic rings. The van der Waals surface area contributed by atoms with Crippen LogP contribution < -0.4 is 0 Å². The van der Waals surface area contributed by atoms with E-state index in [1.54, 1.807) is 0 Å². The minimum absolute atomic E-state index is 0.353. The van der Waals surface area contributed by atoms with E-state index in [1.807, 2.05) is 16.8 Å². The molecule has 1 aromatic carbocycles. The average Bonchev–Trinajstić information content (AvgIpc) is 2.80. The summed E-state index contributed by atoms with van der Waals surface area (Å²) in [5.41, 5.74) is 1.62. The van der Waals surface area contributed by atoms with E-state index in [0.29, 0.717) is 12.0 Å². The molecule has 1 N–H and O–H groups in total. The predicted molar refractivity (Wildman–Crippen MR) is 64.8 cm³/mol. The van der Waals surface area contributed by atoms with Crippen molar-refractivity contribution in [3.8, 4) is 0 Å². The molecule has 0 amide bonds. The van der Waals surface area contributed by atoms with Gasteiger partial charge in [0.1, 0.15) is 5.82 Å².